The van der Waals surface area contributed by atoms with E-state index in [2.05, 4.69) is 9.37 Å². The predicted octanol–water partition coefficient (Wildman–Crippen LogP) is 5.13. The average Bonchev–Trinajstić information content (AvgIpc) is 2.51. The highest BCUT2D eigenvalue weighted by Gasteiger charge is 2.27. The Hall–Kier alpha value is -1.26. The lowest BCUT2D eigenvalue weighted by Gasteiger charge is -2.10. The molecule has 22 heavy (non-hydrogen) atoms. The third-order valence-electron chi connectivity index (χ3n) is 2.57. The van der Waals surface area contributed by atoms with E-state index in [9.17, 15) is 17.6 Å². The van der Waals surface area contributed by atoms with Crippen molar-refractivity contribution < 1.29 is 32.2 Å². The van der Waals surface area contributed by atoms with Gasteiger partial charge < -0.3 is 0 Å². The normalized spacial score (nSPS) is 11.0. The molecule has 0 saturated heterocycles. The zero-order valence-electron chi connectivity index (χ0n) is 10.9. The molecule has 0 spiro atoms. The Labute approximate surface area is 131 Å². The van der Waals surface area contributed by atoms with Crippen molar-refractivity contribution in [3.05, 3.63) is 53.1 Å². The van der Waals surface area contributed by atoms with Gasteiger partial charge in [0.15, 0.2) is 23.3 Å². The van der Waals surface area contributed by atoms with Gasteiger partial charge in [0.05, 0.1) is 16.9 Å². The summed E-state index contributed by atoms with van der Waals surface area (Å²) in [4.78, 5) is -1.50. The highest BCUT2D eigenvalue weighted by molar-refractivity contribution is 7.99. The van der Waals surface area contributed by atoms with E-state index >= 15 is 0 Å². The Balaban J connectivity index is 2.42. The Morgan fingerprint density at radius 3 is 1.86 bits per heavy atom. The van der Waals surface area contributed by atoms with Crippen LogP contribution in [0.25, 0.3) is 0 Å². The fourth-order valence-corrected chi connectivity index (χ4v) is 2.82. The topological polar surface area (TPSA) is 38.7 Å². The molecular weight excluding hydrogens is 344 g/mol. The highest BCUT2D eigenvalue weighted by Crippen LogP contribution is 2.39. The lowest BCUT2D eigenvalue weighted by molar-refractivity contribution is -0.432. The molecule has 0 radical (unpaired) electrons. The average molecular weight is 352 g/mol. The molecule has 2 aromatic carbocycles. The van der Waals surface area contributed by atoms with Crippen molar-refractivity contribution >= 4 is 23.8 Å². The molecule has 0 aliphatic carbocycles. The van der Waals surface area contributed by atoms with Crippen LogP contribution in [0.2, 0.25) is 0 Å². The van der Waals surface area contributed by atoms with E-state index in [1.54, 1.807) is 24.3 Å². The molecule has 0 aliphatic heterocycles. The van der Waals surface area contributed by atoms with Gasteiger partial charge in [-0.05, 0) is 19.1 Å². The summed E-state index contributed by atoms with van der Waals surface area (Å²) >= 11 is 0.357. The molecule has 0 unspecified atom stereocenters. The molecule has 9 heteroatoms. The van der Waals surface area contributed by atoms with E-state index < -0.39 is 33.1 Å². The summed E-state index contributed by atoms with van der Waals surface area (Å²) in [5.74, 6) is -6.41. The van der Waals surface area contributed by atoms with Gasteiger partial charge in [0, 0.05) is 4.90 Å². The summed E-state index contributed by atoms with van der Waals surface area (Å²) in [5, 5.41) is 11.1. The van der Waals surface area contributed by atoms with Gasteiger partial charge in [-0.2, -0.15) is 0 Å². The van der Waals surface area contributed by atoms with Crippen LogP contribution in [-0.4, -0.2) is 5.26 Å². The standard InChI is InChI=1S/C13H8F4O3S2/c1-6-2-4-7(5-3-6)21-12-8(14)10(16)13(22-20-19-18)11(17)9(12)15/h2-5,18H,1H3. The van der Waals surface area contributed by atoms with Gasteiger partial charge in [-0.15, -0.1) is 4.33 Å². The van der Waals surface area contributed by atoms with Crippen molar-refractivity contribution in [1.82, 2.24) is 0 Å². The van der Waals surface area contributed by atoms with E-state index in [1.807, 2.05) is 6.92 Å². The Kier molecular flexibility index (Phi) is 5.70. The second kappa shape index (κ2) is 7.34. The number of hydrogen-bond acceptors (Lipinski definition) is 5. The first-order valence-electron chi connectivity index (χ1n) is 5.71. The van der Waals surface area contributed by atoms with Crippen LogP contribution in [0.5, 0.6) is 0 Å². The van der Waals surface area contributed by atoms with Crippen molar-refractivity contribution in [1.29, 1.82) is 0 Å². The van der Waals surface area contributed by atoms with E-state index in [1.165, 1.54) is 0 Å². The minimum atomic E-state index is -1.64. The van der Waals surface area contributed by atoms with Crippen LogP contribution in [0.4, 0.5) is 17.6 Å². The third kappa shape index (κ3) is 3.55. The summed E-state index contributed by atoms with van der Waals surface area (Å²) in [6.07, 6.45) is 0. The molecule has 0 bridgehead atoms. The van der Waals surface area contributed by atoms with Crippen molar-refractivity contribution in [2.75, 3.05) is 0 Å². The maximum Gasteiger partial charge on any atom is 0.179 e. The Morgan fingerprint density at radius 2 is 1.36 bits per heavy atom. The minimum absolute atomic E-state index is 0.193. The molecule has 2 rings (SSSR count). The van der Waals surface area contributed by atoms with Crippen molar-refractivity contribution in [3.63, 3.8) is 0 Å². The van der Waals surface area contributed by atoms with Gasteiger partial charge in [0.1, 0.15) is 4.90 Å². The predicted molar refractivity (Wildman–Crippen MR) is 72.2 cm³/mol. The summed E-state index contributed by atoms with van der Waals surface area (Å²) in [7, 11) is 0. The van der Waals surface area contributed by atoms with Gasteiger partial charge in [-0.3, -0.25) is 0 Å². The first-order chi connectivity index (χ1) is 10.5. The van der Waals surface area contributed by atoms with E-state index in [4.69, 9.17) is 5.26 Å². The molecule has 0 aliphatic rings. The van der Waals surface area contributed by atoms with Gasteiger partial charge in [0.25, 0.3) is 0 Å². The minimum Gasteiger partial charge on any atom is -0.220 e. The van der Waals surface area contributed by atoms with Gasteiger partial charge in [0.2, 0.25) is 0 Å². The number of rotatable bonds is 5. The van der Waals surface area contributed by atoms with Crippen LogP contribution in [-0.2, 0) is 9.37 Å². The van der Waals surface area contributed by atoms with Gasteiger partial charge >= 0.3 is 0 Å². The van der Waals surface area contributed by atoms with Crippen LogP contribution in [0.15, 0.2) is 39.0 Å². The van der Waals surface area contributed by atoms with Gasteiger partial charge in [-0.1, -0.05) is 34.5 Å². The van der Waals surface area contributed by atoms with Crippen molar-refractivity contribution in [3.8, 4) is 0 Å². The fourth-order valence-electron chi connectivity index (χ4n) is 1.53. The highest BCUT2D eigenvalue weighted by atomic mass is 32.2. The van der Waals surface area contributed by atoms with Crippen molar-refractivity contribution in [2.24, 2.45) is 0 Å². The molecule has 0 heterocycles. The van der Waals surface area contributed by atoms with Crippen LogP contribution < -0.4 is 0 Å². The smallest absolute Gasteiger partial charge is 0.179 e. The van der Waals surface area contributed by atoms with E-state index in [0.717, 1.165) is 5.56 Å². The van der Waals surface area contributed by atoms with E-state index in [0.29, 0.717) is 16.7 Å². The summed E-state index contributed by atoms with van der Waals surface area (Å²) < 4.78 is 59.2. The maximum absolute atomic E-state index is 13.9. The van der Waals surface area contributed by atoms with Crippen LogP contribution in [0.3, 0.4) is 0 Å². The molecule has 0 fully saturated rings. The quantitative estimate of drug-likeness (QED) is 0.265. The van der Waals surface area contributed by atoms with Crippen molar-refractivity contribution in [2.45, 2.75) is 21.6 Å². The number of halogens is 4. The molecule has 118 valence electrons. The molecule has 0 atom stereocenters. The molecule has 1 N–H and O–H groups in total. The lowest BCUT2D eigenvalue weighted by Crippen LogP contribution is -2.02. The van der Waals surface area contributed by atoms with Crippen LogP contribution >= 0.6 is 23.8 Å². The third-order valence-corrected chi connectivity index (χ3v) is 4.30. The summed E-state index contributed by atoms with van der Waals surface area (Å²) in [5.41, 5.74) is 0.926. The van der Waals surface area contributed by atoms with Gasteiger partial charge in [-0.25, -0.2) is 22.8 Å². The zero-order chi connectivity index (χ0) is 16.3. The number of hydrogen-bond donors (Lipinski definition) is 1. The molecule has 3 nitrogen and oxygen atoms in total. The number of aryl methyl sites for hydroxylation is 1. The van der Waals surface area contributed by atoms with E-state index in [-0.39, 0.29) is 12.0 Å². The van der Waals surface area contributed by atoms with Crippen LogP contribution in [0.1, 0.15) is 5.56 Å². The second-order valence-corrected chi connectivity index (χ2v) is 5.85. The SMILES string of the molecule is Cc1ccc(Sc2c(F)c(F)c(SOOO)c(F)c2F)cc1. The maximum atomic E-state index is 13.9. The summed E-state index contributed by atoms with van der Waals surface area (Å²) in [6, 6.07) is 6.53. The first kappa shape index (κ1) is 17.1. The summed E-state index contributed by atoms with van der Waals surface area (Å²) in [6.45, 7) is 1.82. The number of benzene rings is 2. The molecular formula is C13H8F4O3S2. The fraction of sp³-hybridized carbons (Fsp3) is 0.0769. The zero-order valence-corrected chi connectivity index (χ0v) is 12.5. The molecule has 0 amide bonds. The monoisotopic (exact) mass is 352 g/mol. The lowest BCUT2D eigenvalue weighted by atomic mass is 10.2. The molecule has 0 saturated carbocycles. The van der Waals surface area contributed by atoms with Crippen LogP contribution in [0, 0.1) is 30.2 Å². The largest absolute Gasteiger partial charge is 0.220 e. The second-order valence-electron chi connectivity index (χ2n) is 4.06. The molecule has 0 aromatic heterocycles. The Bertz CT molecular complexity index is 651. The molecule has 2 aromatic rings. The first-order valence-corrected chi connectivity index (χ1v) is 7.26. The Morgan fingerprint density at radius 1 is 0.864 bits per heavy atom.